The van der Waals surface area contributed by atoms with Crippen LogP contribution in [0.4, 0.5) is 5.82 Å². The van der Waals surface area contributed by atoms with Crippen LogP contribution in [0.2, 0.25) is 0 Å². The molecule has 1 atom stereocenters. The average Bonchev–Trinajstić information content (AvgIpc) is 2.39. The van der Waals surface area contributed by atoms with E-state index in [0.29, 0.717) is 6.54 Å². The molecule has 3 nitrogen and oxygen atoms in total. The highest BCUT2D eigenvalue weighted by Gasteiger charge is 2.03. The largest absolute Gasteiger partial charge is 0.489 e. The van der Waals surface area contributed by atoms with E-state index in [1.54, 1.807) is 6.20 Å². The number of aromatic nitrogens is 1. The maximum Gasteiger partial charge on any atom is 0.126 e. The molecule has 0 aliphatic carbocycles. The highest BCUT2D eigenvalue weighted by molar-refractivity contribution is 9.10. The van der Waals surface area contributed by atoms with Gasteiger partial charge >= 0.3 is 0 Å². The Kier molecular flexibility index (Phi) is 4.59. The van der Waals surface area contributed by atoms with Crippen molar-refractivity contribution in [2.24, 2.45) is 0 Å². The summed E-state index contributed by atoms with van der Waals surface area (Å²) in [6.07, 6.45) is 1.85. The van der Waals surface area contributed by atoms with E-state index in [2.05, 4.69) is 26.2 Å². The first-order valence-corrected chi connectivity index (χ1v) is 6.60. The number of halogens is 1. The first-order chi connectivity index (χ1) is 8.74. The van der Waals surface area contributed by atoms with E-state index in [1.807, 2.05) is 49.4 Å². The Hall–Kier alpha value is -1.55. The van der Waals surface area contributed by atoms with E-state index >= 15 is 0 Å². The predicted octanol–water partition coefficient (Wildman–Crippen LogP) is 3.72. The minimum atomic E-state index is 0.0813. The molecule has 0 saturated carbocycles. The maximum atomic E-state index is 5.76. The predicted molar refractivity (Wildman–Crippen MR) is 77.0 cm³/mol. The van der Waals surface area contributed by atoms with Gasteiger partial charge in [0.25, 0.3) is 0 Å². The second-order valence-electron chi connectivity index (χ2n) is 3.98. The molecule has 1 heterocycles. The van der Waals surface area contributed by atoms with Crippen LogP contribution in [0, 0.1) is 0 Å². The SMILES string of the molecule is CC(CNc1ccc(Br)cn1)Oc1ccccc1. The minimum Gasteiger partial charge on any atom is -0.489 e. The number of hydrogen-bond acceptors (Lipinski definition) is 3. The third kappa shape index (κ3) is 4.04. The first-order valence-electron chi connectivity index (χ1n) is 5.81. The molecule has 2 aromatic rings. The van der Waals surface area contributed by atoms with Crippen LogP contribution in [-0.4, -0.2) is 17.6 Å². The van der Waals surface area contributed by atoms with Crippen LogP contribution in [0.15, 0.2) is 53.1 Å². The van der Waals surface area contributed by atoms with E-state index < -0.39 is 0 Å². The highest BCUT2D eigenvalue weighted by atomic mass is 79.9. The van der Waals surface area contributed by atoms with Gasteiger partial charge in [0, 0.05) is 10.7 Å². The molecule has 2 rings (SSSR count). The van der Waals surface area contributed by atoms with Crippen molar-refractivity contribution in [1.29, 1.82) is 0 Å². The molecule has 0 spiro atoms. The Labute approximate surface area is 115 Å². The van der Waals surface area contributed by atoms with Crippen molar-refractivity contribution in [3.63, 3.8) is 0 Å². The molecule has 0 aliphatic heterocycles. The Morgan fingerprint density at radius 3 is 2.67 bits per heavy atom. The molecule has 0 amide bonds. The summed E-state index contributed by atoms with van der Waals surface area (Å²) in [5.74, 6) is 1.73. The van der Waals surface area contributed by atoms with Crippen LogP contribution in [0.1, 0.15) is 6.92 Å². The number of para-hydroxylation sites is 1. The van der Waals surface area contributed by atoms with Gasteiger partial charge in [-0.3, -0.25) is 0 Å². The fourth-order valence-corrected chi connectivity index (χ4v) is 1.74. The standard InChI is InChI=1S/C14H15BrN2O/c1-11(18-13-5-3-2-4-6-13)9-16-14-8-7-12(15)10-17-14/h2-8,10-11H,9H2,1H3,(H,16,17). The zero-order valence-electron chi connectivity index (χ0n) is 10.1. The van der Waals surface area contributed by atoms with Crippen LogP contribution in [0.5, 0.6) is 5.75 Å². The number of anilines is 1. The Balaban J connectivity index is 1.81. The van der Waals surface area contributed by atoms with Crippen molar-refractivity contribution >= 4 is 21.7 Å². The Bertz CT molecular complexity index is 473. The van der Waals surface area contributed by atoms with Gasteiger partial charge in [-0.15, -0.1) is 0 Å². The second kappa shape index (κ2) is 6.40. The van der Waals surface area contributed by atoms with Gasteiger partial charge in [0.2, 0.25) is 0 Å². The lowest BCUT2D eigenvalue weighted by Crippen LogP contribution is -2.22. The van der Waals surface area contributed by atoms with Crippen molar-refractivity contribution < 1.29 is 4.74 Å². The quantitative estimate of drug-likeness (QED) is 0.914. The van der Waals surface area contributed by atoms with Crippen LogP contribution in [0.3, 0.4) is 0 Å². The number of benzene rings is 1. The summed E-state index contributed by atoms with van der Waals surface area (Å²) < 4.78 is 6.73. The lowest BCUT2D eigenvalue weighted by atomic mass is 10.3. The minimum absolute atomic E-state index is 0.0813. The molecule has 0 radical (unpaired) electrons. The van der Waals surface area contributed by atoms with Gasteiger partial charge in [0.1, 0.15) is 17.7 Å². The molecule has 18 heavy (non-hydrogen) atoms. The summed E-state index contributed by atoms with van der Waals surface area (Å²) in [4.78, 5) is 4.24. The topological polar surface area (TPSA) is 34.2 Å². The molecule has 1 N–H and O–H groups in total. The van der Waals surface area contributed by atoms with E-state index in [4.69, 9.17) is 4.74 Å². The number of rotatable bonds is 5. The van der Waals surface area contributed by atoms with Gasteiger partial charge in [-0.05, 0) is 47.1 Å². The summed E-state index contributed by atoms with van der Waals surface area (Å²) in [5.41, 5.74) is 0. The number of nitrogens with zero attached hydrogens (tertiary/aromatic N) is 1. The van der Waals surface area contributed by atoms with Crippen molar-refractivity contribution in [3.8, 4) is 5.75 Å². The van der Waals surface area contributed by atoms with Gasteiger partial charge in [-0.25, -0.2) is 4.98 Å². The monoisotopic (exact) mass is 306 g/mol. The zero-order chi connectivity index (χ0) is 12.8. The normalized spacial score (nSPS) is 11.9. The number of ether oxygens (including phenoxy) is 1. The highest BCUT2D eigenvalue weighted by Crippen LogP contribution is 2.12. The molecule has 1 aromatic carbocycles. The second-order valence-corrected chi connectivity index (χ2v) is 4.90. The van der Waals surface area contributed by atoms with Gasteiger partial charge in [-0.1, -0.05) is 18.2 Å². The average molecular weight is 307 g/mol. The summed E-state index contributed by atoms with van der Waals surface area (Å²) >= 11 is 3.35. The van der Waals surface area contributed by atoms with Crippen molar-refractivity contribution in [1.82, 2.24) is 4.98 Å². The van der Waals surface area contributed by atoms with E-state index in [1.165, 1.54) is 0 Å². The smallest absolute Gasteiger partial charge is 0.126 e. The van der Waals surface area contributed by atoms with Gasteiger partial charge < -0.3 is 10.1 Å². The van der Waals surface area contributed by atoms with Gasteiger partial charge in [-0.2, -0.15) is 0 Å². The molecule has 0 fully saturated rings. The van der Waals surface area contributed by atoms with Gasteiger partial charge in [0.15, 0.2) is 0 Å². The van der Waals surface area contributed by atoms with E-state index in [-0.39, 0.29) is 6.10 Å². The van der Waals surface area contributed by atoms with E-state index in [0.717, 1.165) is 16.0 Å². The van der Waals surface area contributed by atoms with Crippen molar-refractivity contribution in [2.45, 2.75) is 13.0 Å². The number of nitrogens with one attached hydrogen (secondary N) is 1. The number of hydrogen-bond donors (Lipinski definition) is 1. The first kappa shape index (κ1) is 12.9. The van der Waals surface area contributed by atoms with Crippen LogP contribution >= 0.6 is 15.9 Å². The molecule has 0 saturated heterocycles. The fraction of sp³-hybridized carbons (Fsp3) is 0.214. The Morgan fingerprint density at radius 1 is 1.22 bits per heavy atom. The summed E-state index contributed by atoms with van der Waals surface area (Å²) in [6.45, 7) is 2.74. The summed E-state index contributed by atoms with van der Waals surface area (Å²) in [5, 5.41) is 3.23. The summed E-state index contributed by atoms with van der Waals surface area (Å²) in [6, 6.07) is 13.7. The van der Waals surface area contributed by atoms with Crippen molar-refractivity contribution in [2.75, 3.05) is 11.9 Å². The number of pyridine rings is 1. The molecule has 0 bridgehead atoms. The summed E-state index contributed by atoms with van der Waals surface area (Å²) in [7, 11) is 0. The molecule has 4 heteroatoms. The van der Waals surface area contributed by atoms with Gasteiger partial charge in [0.05, 0.1) is 6.54 Å². The maximum absolute atomic E-state index is 5.76. The Morgan fingerprint density at radius 2 is 2.00 bits per heavy atom. The third-order valence-electron chi connectivity index (χ3n) is 2.38. The molecular formula is C14H15BrN2O. The van der Waals surface area contributed by atoms with Crippen molar-refractivity contribution in [3.05, 3.63) is 53.1 Å². The zero-order valence-corrected chi connectivity index (χ0v) is 11.7. The molecule has 1 aromatic heterocycles. The van der Waals surface area contributed by atoms with Crippen LogP contribution in [0.25, 0.3) is 0 Å². The lowest BCUT2D eigenvalue weighted by molar-refractivity contribution is 0.234. The third-order valence-corrected chi connectivity index (χ3v) is 2.85. The molecule has 0 aliphatic rings. The fourth-order valence-electron chi connectivity index (χ4n) is 1.50. The van der Waals surface area contributed by atoms with Crippen LogP contribution in [-0.2, 0) is 0 Å². The molecule has 1 unspecified atom stereocenters. The molecule has 94 valence electrons. The lowest BCUT2D eigenvalue weighted by Gasteiger charge is -2.15. The van der Waals surface area contributed by atoms with E-state index in [9.17, 15) is 0 Å². The van der Waals surface area contributed by atoms with Crippen LogP contribution < -0.4 is 10.1 Å². The molecular weight excluding hydrogens is 292 g/mol.